The van der Waals surface area contributed by atoms with Crippen LogP contribution in [0.2, 0.25) is 0 Å². The van der Waals surface area contributed by atoms with Gasteiger partial charge in [0.25, 0.3) is 0 Å². The Labute approximate surface area is 102 Å². The summed E-state index contributed by atoms with van der Waals surface area (Å²) in [6, 6.07) is 1.29. The van der Waals surface area contributed by atoms with Gasteiger partial charge in [0.15, 0.2) is 0 Å². The lowest BCUT2D eigenvalue weighted by molar-refractivity contribution is -0.145. The number of esters is 1. The molecule has 17 heavy (non-hydrogen) atoms. The van der Waals surface area contributed by atoms with Crippen molar-refractivity contribution in [3.63, 3.8) is 0 Å². The van der Waals surface area contributed by atoms with Crippen molar-refractivity contribution in [2.75, 3.05) is 7.11 Å². The summed E-state index contributed by atoms with van der Waals surface area (Å²) in [5.41, 5.74) is 0. The van der Waals surface area contributed by atoms with Gasteiger partial charge in [0.1, 0.15) is 6.04 Å². The van der Waals surface area contributed by atoms with E-state index >= 15 is 0 Å². The summed E-state index contributed by atoms with van der Waals surface area (Å²) in [5, 5.41) is 11.3. The Balaban J connectivity index is 4.44. The molecular formula is C12H20N2O3. The Morgan fingerprint density at radius 2 is 1.94 bits per heavy atom. The monoisotopic (exact) mass is 240 g/mol. The van der Waals surface area contributed by atoms with E-state index < -0.39 is 12.0 Å². The molecule has 0 aliphatic heterocycles. The van der Waals surface area contributed by atoms with E-state index in [1.165, 1.54) is 7.11 Å². The second kappa shape index (κ2) is 7.66. The minimum atomic E-state index is -0.735. The third-order valence-electron chi connectivity index (χ3n) is 2.22. The lowest BCUT2D eigenvalue weighted by Gasteiger charge is -2.17. The van der Waals surface area contributed by atoms with Crippen molar-refractivity contribution >= 4 is 11.9 Å². The number of ether oxygens (including phenoxy) is 1. The Hall–Kier alpha value is -1.57. The number of carbonyl (C=O) groups is 2. The summed E-state index contributed by atoms with van der Waals surface area (Å²) in [7, 11) is 1.26. The molecule has 5 heteroatoms. The van der Waals surface area contributed by atoms with Crippen molar-refractivity contribution in [3.05, 3.63) is 0 Å². The van der Waals surface area contributed by atoms with Crippen LogP contribution < -0.4 is 5.32 Å². The number of amides is 1. The molecule has 1 amide bonds. The van der Waals surface area contributed by atoms with Crippen LogP contribution in [0, 0.1) is 23.2 Å². The molecule has 0 aromatic rings. The maximum Gasteiger partial charge on any atom is 0.328 e. The fraction of sp³-hybridized carbons (Fsp3) is 0.750. The van der Waals surface area contributed by atoms with Crippen LogP contribution in [0.5, 0.6) is 0 Å². The van der Waals surface area contributed by atoms with Crippen LogP contribution in [0.4, 0.5) is 0 Å². The van der Waals surface area contributed by atoms with Gasteiger partial charge in [-0.25, -0.2) is 4.79 Å². The topological polar surface area (TPSA) is 79.2 Å². The average molecular weight is 240 g/mol. The second-order valence-electron chi connectivity index (χ2n) is 4.51. The van der Waals surface area contributed by atoms with Gasteiger partial charge in [-0.15, -0.1) is 0 Å². The summed E-state index contributed by atoms with van der Waals surface area (Å²) >= 11 is 0. The molecular weight excluding hydrogens is 220 g/mol. The smallest absolute Gasteiger partial charge is 0.328 e. The predicted molar refractivity (Wildman–Crippen MR) is 62.8 cm³/mol. The first-order valence-corrected chi connectivity index (χ1v) is 5.67. The van der Waals surface area contributed by atoms with Crippen LogP contribution in [0.15, 0.2) is 0 Å². The van der Waals surface area contributed by atoms with Crippen molar-refractivity contribution in [2.45, 2.75) is 39.7 Å². The highest BCUT2D eigenvalue weighted by Crippen LogP contribution is 2.07. The van der Waals surface area contributed by atoms with E-state index in [0.29, 0.717) is 6.42 Å². The van der Waals surface area contributed by atoms with E-state index in [9.17, 15) is 9.59 Å². The molecule has 0 radical (unpaired) electrons. The first-order chi connectivity index (χ1) is 7.90. The molecule has 0 bridgehead atoms. The number of nitriles is 1. The molecule has 0 unspecified atom stereocenters. The van der Waals surface area contributed by atoms with Crippen LogP contribution in [0.1, 0.15) is 33.6 Å². The van der Waals surface area contributed by atoms with E-state index in [-0.39, 0.29) is 24.2 Å². The number of rotatable bonds is 6. The Morgan fingerprint density at radius 3 is 2.35 bits per heavy atom. The molecule has 1 N–H and O–H groups in total. The van der Waals surface area contributed by atoms with E-state index in [1.54, 1.807) is 6.92 Å². The maximum absolute atomic E-state index is 11.6. The molecule has 0 aromatic carbocycles. The highest BCUT2D eigenvalue weighted by Gasteiger charge is 2.23. The van der Waals surface area contributed by atoms with Crippen molar-refractivity contribution < 1.29 is 14.3 Å². The zero-order chi connectivity index (χ0) is 13.4. The number of methoxy groups -OCH3 is 1. The number of nitrogens with one attached hydrogen (secondary N) is 1. The molecule has 0 fully saturated rings. The van der Waals surface area contributed by atoms with E-state index in [1.807, 2.05) is 19.9 Å². The summed E-state index contributed by atoms with van der Waals surface area (Å²) in [5.74, 6) is -0.787. The molecule has 0 saturated heterocycles. The molecule has 0 saturated carbocycles. The zero-order valence-corrected chi connectivity index (χ0v) is 10.8. The van der Waals surface area contributed by atoms with Gasteiger partial charge in [0.2, 0.25) is 5.91 Å². The number of hydrogen-bond donors (Lipinski definition) is 1. The Kier molecular flexibility index (Phi) is 6.95. The average Bonchev–Trinajstić information content (AvgIpc) is 2.25. The first kappa shape index (κ1) is 15.4. The van der Waals surface area contributed by atoms with E-state index in [2.05, 4.69) is 10.1 Å². The van der Waals surface area contributed by atoms with Crippen molar-refractivity contribution in [1.82, 2.24) is 5.32 Å². The van der Waals surface area contributed by atoms with Gasteiger partial charge >= 0.3 is 5.97 Å². The van der Waals surface area contributed by atoms with Crippen LogP contribution in [-0.4, -0.2) is 25.0 Å². The van der Waals surface area contributed by atoms with Gasteiger partial charge in [0, 0.05) is 12.3 Å². The fourth-order valence-electron chi connectivity index (χ4n) is 1.39. The van der Waals surface area contributed by atoms with Crippen LogP contribution in [0.3, 0.4) is 0 Å². The molecule has 0 aromatic heterocycles. The molecule has 5 nitrogen and oxygen atoms in total. The van der Waals surface area contributed by atoms with Gasteiger partial charge in [0.05, 0.1) is 13.2 Å². The molecule has 96 valence electrons. The molecule has 0 spiro atoms. The lowest BCUT2D eigenvalue weighted by atomic mass is 10.0. The summed E-state index contributed by atoms with van der Waals surface area (Å²) < 4.78 is 4.60. The van der Waals surface area contributed by atoms with Gasteiger partial charge in [-0.2, -0.15) is 5.26 Å². The zero-order valence-electron chi connectivity index (χ0n) is 10.8. The largest absolute Gasteiger partial charge is 0.467 e. The number of nitrogens with zero attached hydrogens (tertiary/aromatic N) is 1. The quantitative estimate of drug-likeness (QED) is 0.708. The molecule has 0 rings (SSSR count). The van der Waals surface area contributed by atoms with Crippen molar-refractivity contribution in [1.29, 1.82) is 5.26 Å². The normalized spacial score (nSPS) is 13.6. The number of hydrogen-bond acceptors (Lipinski definition) is 4. The molecule has 0 heterocycles. The fourth-order valence-corrected chi connectivity index (χ4v) is 1.39. The highest BCUT2D eigenvalue weighted by molar-refractivity contribution is 5.84. The predicted octanol–water partition coefficient (Wildman–Crippen LogP) is 1.24. The first-order valence-electron chi connectivity index (χ1n) is 5.67. The highest BCUT2D eigenvalue weighted by atomic mass is 16.5. The third kappa shape index (κ3) is 6.56. The van der Waals surface area contributed by atoms with E-state index in [0.717, 1.165) is 0 Å². The summed E-state index contributed by atoms with van der Waals surface area (Å²) in [6.45, 7) is 5.54. The Bertz CT molecular complexity index is 307. The standard InChI is InChI=1S/C12H20N2O3/c1-8(2)5-11(15)14-10(12(16)17-4)6-9(3)7-13/h8-10H,5-6H2,1-4H3,(H,14,15)/t9-,10-/m1/s1. The van der Waals surface area contributed by atoms with Gasteiger partial charge in [-0.3, -0.25) is 4.79 Å². The summed E-state index contributed by atoms with van der Waals surface area (Å²) in [4.78, 5) is 23.0. The SMILES string of the molecule is COC(=O)[C@@H](C[C@@H](C)C#N)NC(=O)CC(C)C. The van der Waals surface area contributed by atoms with Crippen LogP contribution >= 0.6 is 0 Å². The van der Waals surface area contributed by atoms with E-state index in [4.69, 9.17) is 5.26 Å². The van der Waals surface area contributed by atoms with Crippen LogP contribution in [0.25, 0.3) is 0 Å². The molecule has 0 aliphatic rings. The molecule has 2 atom stereocenters. The van der Waals surface area contributed by atoms with Gasteiger partial charge < -0.3 is 10.1 Å². The minimum Gasteiger partial charge on any atom is -0.467 e. The summed E-state index contributed by atoms with van der Waals surface area (Å²) in [6.07, 6.45) is 0.626. The molecule has 0 aliphatic carbocycles. The third-order valence-corrected chi connectivity index (χ3v) is 2.22. The minimum absolute atomic E-state index is 0.194. The van der Waals surface area contributed by atoms with Crippen molar-refractivity contribution in [3.8, 4) is 6.07 Å². The second-order valence-corrected chi connectivity index (χ2v) is 4.51. The Morgan fingerprint density at radius 1 is 1.35 bits per heavy atom. The van der Waals surface area contributed by atoms with Gasteiger partial charge in [-0.1, -0.05) is 13.8 Å². The maximum atomic E-state index is 11.6. The number of carbonyl (C=O) groups excluding carboxylic acids is 2. The van der Waals surface area contributed by atoms with Gasteiger partial charge in [-0.05, 0) is 19.3 Å². The van der Waals surface area contributed by atoms with Crippen LogP contribution in [-0.2, 0) is 14.3 Å². The lowest BCUT2D eigenvalue weighted by Crippen LogP contribution is -2.42. The van der Waals surface area contributed by atoms with Crippen molar-refractivity contribution in [2.24, 2.45) is 11.8 Å².